The quantitative estimate of drug-likeness (QED) is 0.109. The summed E-state index contributed by atoms with van der Waals surface area (Å²) < 4.78 is 0. The molecule has 0 aliphatic rings. The van der Waals surface area contributed by atoms with Crippen molar-refractivity contribution in [3.05, 3.63) is 0 Å². The Morgan fingerprint density at radius 3 is 2.06 bits per heavy atom. The van der Waals surface area contributed by atoms with E-state index in [1.165, 1.54) is 4.90 Å². The van der Waals surface area contributed by atoms with Crippen LogP contribution in [-0.4, -0.2) is 80.6 Å². The number of carboxylic acids is 1. The predicted molar refractivity (Wildman–Crippen MR) is 137 cm³/mol. The number of hydrogen-bond acceptors (Lipinski definition) is 7. The predicted octanol–water partition coefficient (Wildman–Crippen LogP) is 2.08. The van der Waals surface area contributed by atoms with E-state index in [-0.39, 0.29) is 25.1 Å². The van der Waals surface area contributed by atoms with Crippen LogP contribution in [0.1, 0.15) is 91.4 Å². The number of thiol groups is 1. The average molecular weight is 506 g/mol. The van der Waals surface area contributed by atoms with Crippen LogP contribution in [0.3, 0.4) is 0 Å². The van der Waals surface area contributed by atoms with Crippen molar-refractivity contribution in [2.24, 2.45) is 5.73 Å². The summed E-state index contributed by atoms with van der Waals surface area (Å²) in [6.45, 7) is 5.38. The molecule has 0 aromatic rings. The van der Waals surface area contributed by atoms with E-state index in [0.29, 0.717) is 19.3 Å². The number of amides is 2. The zero-order valence-electron chi connectivity index (χ0n) is 21.2. The summed E-state index contributed by atoms with van der Waals surface area (Å²) in [7, 11) is 0. The van der Waals surface area contributed by atoms with Gasteiger partial charge >= 0.3 is 5.97 Å². The average Bonchev–Trinajstić information content (AvgIpc) is 2.82. The van der Waals surface area contributed by atoms with E-state index >= 15 is 0 Å². The number of aliphatic carboxylic acids is 1. The SMILES string of the molecule is CCCCCC(O)[C@@](CCCCC)(C(=O)O)N(CCCCC)C(=O)[C@H](CO)NC(=O)[C@@H](N)CS. The van der Waals surface area contributed by atoms with E-state index < -0.39 is 48.1 Å². The summed E-state index contributed by atoms with van der Waals surface area (Å²) >= 11 is 3.99. The largest absolute Gasteiger partial charge is 0.479 e. The second-order valence-electron chi connectivity index (χ2n) is 8.93. The third kappa shape index (κ3) is 9.71. The lowest BCUT2D eigenvalue weighted by atomic mass is 9.81. The summed E-state index contributed by atoms with van der Waals surface area (Å²) in [5.74, 6) is -2.62. The molecule has 0 heterocycles. The number of carboxylic acid groups (broad SMARTS) is 1. The molecule has 0 aromatic carbocycles. The van der Waals surface area contributed by atoms with Crippen LogP contribution < -0.4 is 11.1 Å². The summed E-state index contributed by atoms with van der Waals surface area (Å²) in [5, 5.41) is 34.0. The van der Waals surface area contributed by atoms with Gasteiger partial charge in [0.25, 0.3) is 0 Å². The Morgan fingerprint density at radius 1 is 1.00 bits per heavy atom. The molecule has 0 aliphatic carbocycles. The van der Waals surface area contributed by atoms with Crippen molar-refractivity contribution in [3.8, 4) is 0 Å². The Bertz CT molecular complexity index is 609. The maximum atomic E-state index is 13.7. The molecule has 9 nitrogen and oxygen atoms in total. The topological polar surface area (TPSA) is 153 Å². The van der Waals surface area contributed by atoms with E-state index in [1.807, 2.05) is 20.8 Å². The van der Waals surface area contributed by atoms with Crippen molar-refractivity contribution < 1.29 is 29.7 Å². The molecule has 0 spiro atoms. The molecule has 0 fully saturated rings. The van der Waals surface area contributed by atoms with Crippen LogP contribution in [0.2, 0.25) is 0 Å². The normalized spacial score (nSPS) is 15.7. The number of unbranched alkanes of at least 4 members (excludes halogenated alkanes) is 6. The molecule has 34 heavy (non-hydrogen) atoms. The number of aliphatic hydroxyl groups is 2. The maximum absolute atomic E-state index is 13.7. The summed E-state index contributed by atoms with van der Waals surface area (Å²) in [5.41, 5.74) is 3.85. The van der Waals surface area contributed by atoms with Gasteiger partial charge in [0.1, 0.15) is 6.04 Å². The molecular weight excluding hydrogens is 458 g/mol. The summed E-state index contributed by atoms with van der Waals surface area (Å²) in [4.78, 5) is 40.0. The molecule has 0 saturated heterocycles. The lowest BCUT2D eigenvalue weighted by molar-refractivity contribution is -0.172. The Kier molecular flexibility index (Phi) is 17.3. The molecule has 0 saturated carbocycles. The fourth-order valence-corrected chi connectivity index (χ4v) is 4.24. The van der Waals surface area contributed by atoms with Gasteiger partial charge in [-0.05, 0) is 19.3 Å². The molecule has 0 radical (unpaired) electrons. The van der Waals surface area contributed by atoms with Crippen LogP contribution in [0.4, 0.5) is 0 Å². The van der Waals surface area contributed by atoms with Gasteiger partial charge < -0.3 is 31.3 Å². The zero-order valence-corrected chi connectivity index (χ0v) is 22.1. The minimum absolute atomic E-state index is 0.0462. The summed E-state index contributed by atoms with van der Waals surface area (Å²) in [6, 6.07) is -2.35. The molecule has 6 N–H and O–H groups in total. The van der Waals surface area contributed by atoms with Gasteiger partial charge in [-0.3, -0.25) is 9.59 Å². The minimum atomic E-state index is -1.85. The molecule has 1 unspecified atom stereocenters. The van der Waals surface area contributed by atoms with E-state index in [1.54, 1.807) is 0 Å². The molecule has 0 aromatic heterocycles. The first-order chi connectivity index (χ1) is 16.2. The number of hydrogen-bond donors (Lipinski definition) is 6. The van der Waals surface area contributed by atoms with Crippen molar-refractivity contribution in [1.82, 2.24) is 10.2 Å². The van der Waals surface area contributed by atoms with Gasteiger partial charge in [0.05, 0.1) is 18.8 Å². The van der Waals surface area contributed by atoms with Gasteiger partial charge in [-0.2, -0.15) is 12.6 Å². The summed E-state index contributed by atoms with van der Waals surface area (Å²) in [6.07, 6.45) is 5.70. The highest BCUT2D eigenvalue weighted by atomic mass is 32.1. The van der Waals surface area contributed by atoms with Crippen LogP contribution >= 0.6 is 12.6 Å². The smallest absolute Gasteiger partial charge is 0.332 e. The number of carbonyl (C=O) groups excluding carboxylic acids is 2. The number of carbonyl (C=O) groups is 3. The third-order valence-electron chi connectivity index (χ3n) is 6.23. The monoisotopic (exact) mass is 505 g/mol. The van der Waals surface area contributed by atoms with Gasteiger partial charge in [0.15, 0.2) is 5.54 Å². The molecule has 200 valence electrons. The van der Waals surface area contributed by atoms with Crippen LogP contribution in [-0.2, 0) is 14.4 Å². The van der Waals surface area contributed by atoms with Crippen LogP contribution in [0.5, 0.6) is 0 Å². The first-order valence-corrected chi connectivity index (χ1v) is 13.3. The van der Waals surface area contributed by atoms with Gasteiger partial charge in [-0.1, -0.05) is 72.1 Å². The highest BCUT2D eigenvalue weighted by Gasteiger charge is 2.52. The second kappa shape index (κ2) is 18.0. The Morgan fingerprint density at radius 2 is 1.56 bits per heavy atom. The van der Waals surface area contributed by atoms with E-state index in [4.69, 9.17) is 5.73 Å². The Labute approximate surface area is 210 Å². The van der Waals surface area contributed by atoms with Crippen LogP contribution in [0.25, 0.3) is 0 Å². The van der Waals surface area contributed by atoms with Gasteiger partial charge in [0, 0.05) is 12.3 Å². The Balaban J connectivity index is 6.33. The standard InChI is InChI=1S/C24H47N3O6S/c1-4-7-10-13-20(29)24(23(32)33,14-11-8-5-2)27(15-12-9-6-3)22(31)19(16-28)26-21(30)18(25)17-34/h18-20,28-29,34H,4-17,25H2,1-3H3,(H,26,30)(H,32,33)/t18-,19-,20?,24-/m0/s1. The molecule has 10 heteroatoms. The first kappa shape index (κ1) is 32.6. The highest BCUT2D eigenvalue weighted by Crippen LogP contribution is 2.32. The maximum Gasteiger partial charge on any atom is 0.332 e. The van der Waals surface area contributed by atoms with Crippen LogP contribution in [0, 0.1) is 0 Å². The van der Waals surface area contributed by atoms with Crippen molar-refractivity contribution in [3.63, 3.8) is 0 Å². The van der Waals surface area contributed by atoms with Crippen molar-refractivity contribution in [2.45, 2.75) is 115 Å². The van der Waals surface area contributed by atoms with Crippen molar-refractivity contribution in [2.75, 3.05) is 18.9 Å². The highest BCUT2D eigenvalue weighted by molar-refractivity contribution is 7.80. The van der Waals surface area contributed by atoms with Gasteiger partial charge in [-0.15, -0.1) is 0 Å². The number of nitrogens with one attached hydrogen (secondary N) is 1. The first-order valence-electron chi connectivity index (χ1n) is 12.7. The number of nitrogens with two attached hydrogens (primary N) is 1. The van der Waals surface area contributed by atoms with Gasteiger partial charge in [-0.25, -0.2) is 4.79 Å². The van der Waals surface area contributed by atoms with E-state index in [0.717, 1.165) is 38.5 Å². The molecular formula is C24H47N3O6S. The molecule has 0 rings (SSSR count). The van der Waals surface area contributed by atoms with Gasteiger partial charge in [0.2, 0.25) is 11.8 Å². The van der Waals surface area contributed by atoms with E-state index in [2.05, 4.69) is 17.9 Å². The van der Waals surface area contributed by atoms with E-state index in [9.17, 15) is 29.7 Å². The number of nitrogens with zero attached hydrogens (tertiary/aromatic N) is 1. The number of aliphatic hydroxyl groups excluding tert-OH is 2. The fraction of sp³-hybridized carbons (Fsp3) is 0.875. The van der Waals surface area contributed by atoms with Crippen molar-refractivity contribution >= 4 is 30.4 Å². The fourth-order valence-electron chi connectivity index (χ4n) is 4.08. The molecule has 0 aliphatic heterocycles. The third-order valence-corrected chi connectivity index (χ3v) is 6.62. The lowest BCUT2D eigenvalue weighted by Crippen LogP contribution is -2.67. The van der Waals surface area contributed by atoms with Crippen LogP contribution in [0.15, 0.2) is 0 Å². The zero-order chi connectivity index (χ0) is 26.1. The van der Waals surface area contributed by atoms with Crippen molar-refractivity contribution in [1.29, 1.82) is 0 Å². The molecule has 2 amide bonds. The number of rotatable bonds is 20. The molecule has 4 atom stereocenters. The second-order valence-corrected chi connectivity index (χ2v) is 9.29. The lowest BCUT2D eigenvalue weighted by Gasteiger charge is -2.45. The molecule has 0 bridgehead atoms. The minimum Gasteiger partial charge on any atom is -0.479 e. The Hall–Kier alpha value is -1.36.